The van der Waals surface area contributed by atoms with Gasteiger partial charge in [-0.25, -0.2) is 4.79 Å². The third-order valence-electron chi connectivity index (χ3n) is 5.79. The lowest BCUT2D eigenvalue weighted by Gasteiger charge is -2.37. The Kier molecular flexibility index (Phi) is 4.52. The van der Waals surface area contributed by atoms with Gasteiger partial charge in [0.15, 0.2) is 0 Å². The minimum Gasteiger partial charge on any atom is -0.492 e. The number of hydrogen-bond acceptors (Lipinski definition) is 5. The fraction of sp³-hybridized carbons (Fsp3) is 0.650. The highest BCUT2D eigenvalue weighted by Crippen LogP contribution is 2.63. The molecule has 0 bridgehead atoms. The number of ether oxygens (including phenoxy) is 2. The van der Waals surface area contributed by atoms with Crippen LogP contribution in [0.3, 0.4) is 0 Å². The van der Waals surface area contributed by atoms with E-state index in [1.807, 2.05) is 36.0 Å². The Balaban J connectivity index is 1.33. The summed E-state index contributed by atoms with van der Waals surface area (Å²) in [6.07, 6.45) is 3.54. The van der Waals surface area contributed by atoms with Crippen LogP contribution in [-0.2, 0) is 4.74 Å². The van der Waals surface area contributed by atoms with E-state index in [9.17, 15) is 4.79 Å². The quantitative estimate of drug-likeness (QED) is 0.525. The highest BCUT2D eigenvalue weighted by atomic mass is 32.2. The van der Waals surface area contributed by atoms with E-state index >= 15 is 0 Å². The summed E-state index contributed by atoms with van der Waals surface area (Å²) in [5, 5.41) is 1.40. The molecule has 4 unspecified atom stereocenters. The van der Waals surface area contributed by atoms with Crippen molar-refractivity contribution >= 4 is 29.5 Å². The highest BCUT2D eigenvalue weighted by Gasteiger charge is 2.56. The van der Waals surface area contributed by atoms with Gasteiger partial charge in [-0.2, -0.15) is 11.8 Å². The molecule has 4 atom stereocenters. The van der Waals surface area contributed by atoms with E-state index < -0.39 is 5.60 Å². The number of hydrogen-bond donors (Lipinski definition) is 0. The number of rotatable bonds is 6. The van der Waals surface area contributed by atoms with Crippen LogP contribution in [0.2, 0.25) is 0 Å². The van der Waals surface area contributed by atoms with Crippen molar-refractivity contribution in [3.8, 4) is 5.75 Å². The Morgan fingerprint density at radius 1 is 1.32 bits per heavy atom. The lowest BCUT2D eigenvalue weighted by atomic mass is 9.75. The summed E-state index contributed by atoms with van der Waals surface area (Å²) in [5.41, 5.74) is 0.183. The van der Waals surface area contributed by atoms with Crippen molar-refractivity contribution < 1.29 is 14.3 Å². The molecule has 1 aromatic carbocycles. The van der Waals surface area contributed by atoms with Gasteiger partial charge in [-0.1, -0.05) is 0 Å². The Morgan fingerprint density at radius 2 is 2.04 bits per heavy atom. The van der Waals surface area contributed by atoms with Gasteiger partial charge in [0.1, 0.15) is 18.0 Å². The maximum Gasteiger partial charge on any atom is 0.338 e. The number of fused-ring (bicyclic) bond motifs is 1. The van der Waals surface area contributed by atoms with Gasteiger partial charge in [0.25, 0.3) is 0 Å². The molecule has 25 heavy (non-hydrogen) atoms. The Labute approximate surface area is 158 Å². The van der Waals surface area contributed by atoms with Crippen LogP contribution >= 0.6 is 23.5 Å². The van der Waals surface area contributed by atoms with Crippen LogP contribution in [0.4, 0.5) is 0 Å². The molecule has 2 heterocycles. The van der Waals surface area contributed by atoms with Crippen molar-refractivity contribution in [2.24, 2.45) is 5.92 Å². The SMILES string of the molecule is CC(C)(OC(=O)c1ccc(OCC2CS2)cc1)C1CCC2(C)SC2C1. The zero-order chi connectivity index (χ0) is 17.7. The Bertz CT molecular complexity index is 653. The maximum atomic E-state index is 12.6. The van der Waals surface area contributed by atoms with Crippen molar-refractivity contribution in [3.63, 3.8) is 0 Å². The molecule has 1 aliphatic carbocycles. The Morgan fingerprint density at radius 3 is 2.68 bits per heavy atom. The van der Waals surface area contributed by atoms with E-state index in [1.54, 1.807) is 0 Å². The van der Waals surface area contributed by atoms with Crippen LogP contribution < -0.4 is 4.74 Å². The van der Waals surface area contributed by atoms with Crippen molar-refractivity contribution in [3.05, 3.63) is 29.8 Å². The van der Waals surface area contributed by atoms with Gasteiger partial charge >= 0.3 is 5.97 Å². The molecule has 3 nitrogen and oxygen atoms in total. The summed E-state index contributed by atoms with van der Waals surface area (Å²) < 4.78 is 12.1. The molecular weight excluding hydrogens is 352 g/mol. The third kappa shape index (κ3) is 3.97. The molecule has 0 radical (unpaired) electrons. The molecule has 1 saturated carbocycles. The minimum absolute atomic E-state index is 0.230. The summed E-state index contributed by atoms with van der Waals surface area (Å²) in [4.78, 5) is 12.6. The van der Waals surface area contributed by atoms with E-state index in [2.05, 4.69) is 32.5 Å². The van der Waals surface area contributed by atoms with Gasteiger partial charge < -0.3 is 9.47 Å². The molecule has 3 fully saturated rings. The molecule has 0 amide bonds. The van der Waals surface area contributed by atoms with Gasteiger partial charge in [0.2, 0.25) is 0 Å². The molecular formula is C20H26O3S2. The molecule has 136 valence electrons. The van der Waals surface area contributed by atoms with E-state index in [0.29, 0.717) is 21.5 Å². The van der Waals surface area contributed by atoms with Crippen molar-refractivity contribution in [2.45, 2.75) is 60.9 Å². The summed E-state index contributed by atoms with van der Waals surface area (Å²) >= 11 is 4.01. The largest absolute Gasteiger partial charge is 0.492 e. The standard InChI is InChI=1S/C20H26O3S2/c1-19(2,14-8-9-20(3)17(10-14)25-20)23-18(21)13-4-6-15(7-5-13)22-11-16-12-24-16/h4-7,14,16-17H,8-12H2,1-3H3. The summed E-state index contributed by atoms with van der Waals surface area (Å²) in [7, 11) is 0. The number of benzene rings is 1. The zero-order valence-corrected chi connectivity index (χ0v) is 16.8. The second-order valence-corrected chi connectivity index (χ2v) is 11.2. The average Bonchev–Trinajstić information content (AvgIpc) is 3.47. The lowest BCUT2D eigenvalue weighted by molar-refractivity contribution is -0.0377. The van der Waals surface area contributed by atoms with Crippen LogP contribution in [0.25, 0.3) is 0 Å². The predicted molar refractivity (Wildman–Crippen MR) is 105 cm³/mol. The van der Waals surface area contributed by atoms with Gasteiger partial charge in [-0.05, 0) is 70.2 Å². The normalized spacial score (nSPS) is 33.3. The first-order valence-corrected chi connectivity index (χ1v) is 11.0. The first kappa shape index (κ1) is 17.6. The van der Waals surface area contributed by atoms with E-state index in [-0.39, 0.29) is 5.97 Å². The van der Waals surface area contributed by atoms with Gasteiger partial charge in [0.05, 0.1) is 5.56 Å². The second kappa shape index (κ2) is 6.41. The molecule has 1 aromatic rings. The van der Waals surface area contributed by atoms with Crippen LogP contribution in [-0.4, -0.2) is 39.2 Å². The number of thioether (sulfide) groups is 2. The smallest absolute Gasteiger partial charge is 0.338 e. The molecule has 0 N–H and O–H groups in total. The molecule has 2 saturated heterocycles. The molecule has 5 heteroatoms. The molecule has 4 rings (SSSR count). The molecule has 3 aliphatic rings. The van der Waals surface area contributed by atoms with E-state index in [0.717, 1.165) is 30.4 Å². The summed E-state index contributed by atoms with van der Waals surface area (Å²) in [6, 6.07) is 7.35. The van der Waals surface area contributed by atoms with Crippen LogP contribution in [0.1, 0.15) is 50.4 Å². The number of esters is 1. The monoisotopic (exact) mass is 378 g/mol. The van der Waals surface area contributed by atoms with Crippen molar-refractivity contribution in [1.29, 1.82) is 0 Å². The first-order chi connectivity index (χ1) is 11.9. The molecule has 0 spiro atoms. The summed E-state index contributed by atoms with van der Waals surface area (Å²) in [6.45, 7) is 7.25. The van der Waals surface area contributed by atoms with Crippen LogP contribution in [0.5, 0.6) is 5.75 Å². The fourth-order valence-corrected chi connectivity index (χ4v) is 5.46. The lowest BCUT2D eigenvalue weighted by Crippen LogP contribution is -2.40. The van der Waals surface area contributed by atoms with E-state index in [4.69, 9.17) is 9.47 Å². The summed E-state index contributed by atoms with van der Waals surface area (Å²) in [5.74, 6) is 2.23. The number of carbonyl (C=O) groups is 1. The zero-order valence-electron chi connectivity index (χ0n) is 15.1. The third-order valence-corrected chi connectivity index (χ3v) is 8.50. The fourth-order valence-electron chi connectivity index (χ4n) is 3.70. The van der Waals surface area contributed by atoms with Crippen LogP contribution in [0, 0.1) is 5.92 Å². The van der Waals surface area contributed by atoms with Gasteiger partial charge in [-0.3, -0.25) is 0 Å². The van der Waals surface area contributed by atoms with Gasteiger partial charge in [-0.15, -0.1) is 11.8 Å². The average molecular weight is 379 g/mol. The molecule has 0 aromatic heterocycles. The van der Waals surface area contributed by atoms with Crippen molar-refractivity contribution in [2.75, 3.05) is 12.4 Å². The Hall–Kier alpha value is -0.810. The first-order valence-electron chi connectivity index (χ1n) is 9.11. The topological polar surface area (TPSA) is 35.5 Å². The predicted octanol–water partition coefficient (Wildman–Crippen LogP) is 4.79. The maximum absolute atomic E-state index is 12.6. The van der Waals surface area contributed by atoms with Crippen LogP contribution in [0.15, 0.2) is 24.3 Å². The second-order valence-electron chi connectivity index (χ2n) is 8.17. The van der Waals surface area contributed by atoms with E-state index in [1.165, 1.54) is 12.2 Å². The molecule has 2 aliphatic heterocycles. The van der Waals surface area contributed by atoms with Gasteiger partial charge in [0, 0.05) is 21.0 Å². The number of carbonyl (C=O) groups excluding carboxylic acids is 1. The minimum atomic E-state index is -0.417. The van der Waals surface area contributed by atoms with Crippen molar-refractivity contribution in [1.82, 2.24) is 0 Å². The highest BCUT2D eigenvalue weighted by molar-refractivity contribution is 8.08.